The van der Waals surface area contributed by atoms with Gasteiger partial charge in [0.1, 0.15) is 0 Å². The number of carbonyl (C=O) groups is 1. The molecule has 1 amide bonds. The van der Waals surface area contributed by atoms with Gasteiger partial charge in [0.25, 0.3) is 0 Å². The van der Waals surface area contributed by atoms with Crippen LogP contribution in [0.2, 0.25) is 0 Å². The van der Waals surface area contributed by atoms with E-state index in [2.05, 4.69) is 15.7 Å². The largest absolute Gasteiger partial charge is 0.355 e. The van der Waals surface area contributed by atoms with Crippen molar-refractivity contribution < 1.29 is 4.79 Å². The van der Waals surface area contributed by atoms with Crippen LogP contribution in [0.25, 0.3) is 5.69 Å². The third-order valence-electron chi connectivity index (χ3n) is 3.17. The van der Waals surface area contributed by atoms with E-state index in [-0.39, 0.29) is 5.91 Å². The van der Waals surface area contributed by atoms with Crippen LogP contribution in [0.5, 0.6) is 0 Å². The number of carbonyl (C=O) groups excluding carboxylic acids is 1. The molecule has 1 aromatic heterocycles. The fraction of sp³-hybridized carbons (Fsp3) is 0.375. The van der Waals surface area contributed by atoms with Crippen LogP contribution in [0, 0.1) is 0 Å². The van der Waals surface area contributed by atoms with Crippen molar-refractivity contribution in [2.75, 3.05) is 19.6 Å². The molecule has 0 radical (unpaired) electrons. The minimum absolute atomic E-state index is 0.0837. The Morgan fingerprint density at radius 1 is 1.24 bits per heavy atom. The Bertz CT molecular complexity index is 550. The van der Waals surface area contributed by atoms with Crippen LogP contribution in [-0.4, -0.2) is 35.3 Å². The summed E-state index contributed by atoms with van der Waals surface area (Å²) in [6.07, 6.45) is 4.99. The van der Waals surface area contributed by atoms with Gasteiger partial charge in [0.2, 0.25) is 5.91 Å². The minimum Gasteiger partial charge on any atom is -0.355 e. The minimum atomic E-state index is 0.0837. The van der Waals surface area contributed by atoms with Crippen LogP contribution in [0.15, 0.2) is 42.7 Å². The number of nitrogens with one attached hydrogen (secondary N) is 2. The van der Waals surface area contributed by atoms with Crippen molar-refractivity contribution in [3.8, 4) is 5.69 Å². The van der Waals surface area contributed by atoms with Crippen molar-refractivity contribution >= 4 is 5.91 Å². The van der Waals surface area contributed by atoms with Gasteiger partial charge in [-0.05, 0) is 30.7 Å². The molecule has 2 aromatic rings. The molecule has 5 heteroatoms. The molecule has 0 saturated carbocycles. The molecule has 1 aromatic carbocycles. The molecule has 0 bridgehead atoms. The molecule has 2 rings (SSSR count). The highest BCUT2D eigenvalue weighted by molar-refractivity contribution is 5.76. The van der Waals surface area contributed by atoms with E-state index in [0.717, 1.165) is 24.3 Å². The van der Waals surface area contributed by atoms with Gasteiger partial charge in [-0.25, -0.2) is 4.68 Å². The second-order valence-corrected chi connectivity index (χ2v) is 4.83. The molecule has 5 nitrogen and oxygen atoms in total. The van der Waals surface area contributed by atoms with Crippen molar-refractivity contribution in [2.45, 2.75) is 19.8 Å². The summed E-state index contributed by atoms with van der Waals surface area (Å²) >= 11 is 0. The zero-order chi connectivity index (χ0) is 14.9. The van der Waals surface area contributed by atoms with Crippen molar-refractivity contribution in [2.24, 2.45) is 0 Å². The average molecular weight is 286 g/mol. The zero-order valence-electron chi connectivity index (χ0n) is 12.4. The molecule has 0 aliphatic heterocycles. The SMILES string of the molecule is CCNCCNC(=O)CCc1cnn(-c2ccccc2)c1. The van der Waals surface area contributed by atoms with E-state index in [1.54, 1.807) is 0 Å². The first kappa shape index (κ1) is 15.3. The lowest BCUT2D eigenvalue weighted by atomic mass is 10.2. The number of likely N-dealkylation sites (N-methyl/N-ethyl adjacent to an activating group) is 1. The van der Waals surface area contributed by atoms with E-state index >= 15 is 0 Å². The van der Waals surface area contributed by atoms with Crippen LogP contribution in [0.3, 0.4) is 0 Å². The Balaban J connectivity index is 1.77. The molecule has 0 aliphatic carbocycles. The molecule has 0 fully saturated rings. The standard InChI is InChI=1S/C16H22N4O/c1-2-17-10-11-18-16(21)9-8-14-12-19-20(13-14)15-6-4-3-5-7-15/h3-7,12-13,17H,2,8-11H2,1H3,(H,18,21). The fourth-order valence-corrected chi connectivity index (χ4v) is 2.02. The summed E-state index contributed by atoms with van der Waals surface area (Å²) in [4.78, 5) is 11.7. The number of para-hydroxylation sites is 1. The van der Waals surface area contributed by atoms with Crippen molar-refractivity contribution in [3.63, 3.8) is 0 Å². The van der Waals surface area contributed by atoms with Gasteiger partial charge in [-0.2, -0.15) is 5.10 Å². The number of amides is 1. The van der Waals surface area contributed by atoms with Gasteiger partial charge in [0.05, 0.1) is 11.9 Å². The molecule has 112 valence electrons. The van der Waals surface area contributed by atoms with Gasteiger partial charge < -0.3 is 10.6 Å². The van der Waals surface area contributed by atoms with Crippen molar-refractivity contribution in [3.05, 3.63) is 48.3 Å². The van der Waals surface area contributed by atoms with Gasteiger partial charge in [0, 0.05) is 25.7 Å². The second kappa shape index (κ2) is 8.21. The van der Waals surface area contributed by atoms with E-state index in [9.17, 15) is 4.79 Å². The van der Waals surface area contributed by atoms with Gasteiger partial charge >= 0.3 is 0 Å². The number of hydrogen-bond acceptors (Lipinski definition) is 3. The summed E-state index contributed by atoms with van der Waals surface area (Å²) in [6, 6.07) is 9.95. The Morgan fingerprint density at radius 2 is 2.05 bits per heavy atom. The Kier molecular flexibility index (Phi) is 5.97. The Labute approximate surface area is 125 Å². The fourth-order valence-electron chi connectivity index (χ4n) is 2.02. The monoisotopic (exact) mass is 286 g/mol. The lowest BCUT2D eigenvalue weighted by molar-refractivity contribution is -0.121. The lowest BCUT2D eigenvalue weighted by Crippen LogP contribution is -2.31. The average Bonchev–Trinajstić information content (AvgIpc) is 2.99. The predicted molar refractivity (Wildman–Crippen MR) is 83.4 cm³/mol. The highest BCUT2D eigenvalue weighted by Gasteiger charge is 2.04. The van der Waals surface area contributed by atoms with Gasteiger partial charge in [-0.3, -0.25) is 4.79 Å². The van der Waals surface area contributed by atoms with Crippen LogP contribution >= 0.6 is 0 Å². The molecule has 21 heavy (non-hydrogen) atoms. The molecule has 1 heterocycles. The molecule has 0 atom stereocenters. The van der Waals surface area contributed by atoms with E-state index in [4.69, 9.17) is 0 Å². The van der Waals surface area contributed by atoms with Crippen LogP contribution in [0.1, 0.15) is 18.9 Å². The number of rotatable bonds is 8. The van der Waals surface area contributed by atoms with E-state index < -0.39 is 0 Å². The molecular weight excluding hydrogens is 264 g/mol. The van der Waals surface area contributed by atoms with Crippen LogP contribution in [0.4, 0.5) is 0 Å². The van der Waals surface area contributed by atoms with Crippen molar-refractivity contribution in [1.82, 2.24) is 20.4 Å². The van der Waals surface area contributed by atoms with Gasteiger partial charge in [0.15, 0.2) is 0 Å². The third-order valence-corrected chi connectivity index (χ3v) is 3.17. The smallest absolute Gasteiger partial charge is 0.220 e. The van der Waals surface area contributed by atoms with Crippen LogP contribution < -0.4 is 10.6 Å². The summed E-state index contributed by atoms with van der Waals surface area (Å²) in [7, 11) is 0. The van der Waals surface area contributed by atoms with Crippen molar-refractivity contribution in [1.29, 1.82) is 0 Å². The topological polar surface area (TPSA) is 58.9 Å². The summed E-state index contributed by atoms with van der Waals surface area (Å²) in [5.74, 6) is 0.0837. The maximum Gasteiger partial charge on any atom is 0.220 e. The maximum absolute atomic E-state index is 11.7. The Morgan fingerprint density at radius 3 is 2.81 bits per heavy atom. The molecule has 0 aliphatic rings. The molecule has 0 saturated heterocycles. The molecular formula is C16H22N4O. The van der Waals surface area contributed by atoms with E-state index in [1.165, 1.54) is 0 Å². The number of hydrogen-bond donors (Lipinski definition) is 2. The zero-order valence-corrected chi connectivity index (χ0v) is 12.4. The van der Waals surface area contributed by atoms with Gasteiger partial charge in [-0.1, -0.05) is 25.1 Å². The highest BCUT2D eigenvalue weighted by Crippen LogP contribution is 2.08. The summed E-state index contributed by atoms with van der Waals surface area (Å²) in [5, 5.41) is 10.4. The second-order valence-electron chi connectivity index (χ2n) is 4.83. The predicted octanol–water partition coefficient (Wildman–Crippen LogP) is 1.53. The van der Waals surface area contributed by atoms with E-state index in [0.29, 0.717) is 19.4 Å². The normalized spacial score (nSPS) is 10.5. The number of nitrogens with zero attached hydrogens (tertiary/aromatic N) is 2. The summed E-state index contributed by atoms with van der Waals surface area (Å²) < 4.78 is 1.83. The third kappa shape index (κ3) is 5.04. The molecule has 0 spiro atoms. The van der Waals surface area contributed by atoms with Gasteiger partial charge in [-0.15, -0.1) is 0 Å². The summed E-state index contributed by atoms with van der Waals surface area (Å²) in [5.41, 5.74) is 2.10. The molecule has 2 N–H and O–H groups in total. The van der Waals surface area contributed by atoms with Crippen LogP contribution in [-0.2, 0) is 11.2 Å². The first-order valence-electron chi connectivity index (χ1n) is 7.36. The number of aryl methyl sites for hydroxylation is 1. The lowest BCUT2D eigenvalue weighted by Gasteiger charge is -2.04. The number of benzene rings is 1. The maximum atomic E-state index is 11.7. The quantitative estimate of drug-likeness (QED) is 0.724. The van der Waals surface area contributed by atoms with E-state index in [1.807, 2.05) is 54.3 Å². The highest BCUT2D eigenvalue weighted by atomic mass is 16.1. The molecule has 0 unspecified atom stereocenters. The Hall–Kier alpha value is -2.14. The number of aromatic nitrogens is 2. The first-order valence-corrected chi connectivity index (χ1v) is 7.36. The first-order chi connectivity index (χ1) is 10.3. The summed E-state index contributed by atoms with van der Waals surface area (Å²) in [6.45, 7) is 4.46.